The number of nitrogens with zero attached hydrogens (tertiary/aromatic N) is 2. The van der Waals surface area contributed by atoms with Crippen LogP contribution in [0.2, 0.25) is 0 Å². The molecule has 0 fully saturated rings. The Morgan fingerprint density at radius 1 is 1.22 bits per heavy atom. The second kappa shape index (κ2) is 6.89. The van der Waals surface area contributed by atoms with Crippen LogP contribution < -0.4 is 10.2 Å². The number of aromatic nitrogens is 2. The van der Waals surface area contributed by atoms with Gasteiger partial charge in [-0.1, -0.05) is 41.7 Å². The summed E-state index contributed by atoms with van der Waals surface area (Å²) in [6.07, 6.45) is 0. The largest absolute Gasteiger partial charge is 0.348 e. The van der Waals surface area contributed by atoms with Crippen molar-refractivity contribution in [1.82, 2.24) is 14.9 Å². The molecule has 5 nitrogen and oxygen atoms in total. The van der Waals surface area contributed by atoms with Gasteiger partial charge in [-0.2, -0.15) is 0 Å². The number of amides is 1. The van der Waals surface area contributed by atoms with E-state index in [0.717, 1.165) is 33.3 Å². The van der Waals surface area contributed by atoms with Crippen LogP contribution in [0.4, 0.5) is 0 Å². The molecular formula is C16H15N3O2S2. The Bertz CT molecular complexity index is 865. The summed E-state index contributed by atoms with van der Waals surface area (Å²) in [5.74, 6) is -0.190. The zero-order valence-electron chi connectivity index (χ0n) is 12.5. The highest BCUT2D eigenvalue weighted by Gasteiger charge is 2.09. The van der Waals surface area contributed by atoms with Crippen LogP contribution in [0.1, 0.15) is 10.7 Å². The predicted molar refractivity (Wildman–Crippen MR) is 92.7 cm³/mol. The average Bonchev–Trinajstić information content (AvgIpc) is 3.16. The van der Waals surface area contributed by atoms with E-state index in [1.54, 1.807) is 5.38 Å². The van der Waals surface area contributed by atoms with Crippen LogP contribution in [0, 0.1) is 6.92 Å². The summed E-state index contributed by atoms with van der Waals surface area (Å²) >= 11 is 2.61. The zero-order valence-corrected chi connectivity index (χ0v) is 14.1. The number of carbonyl (C=O) groups is 1. The molecule has 3 aromatic rings. The van der Waals surface area contributed by atoms with Crippen molar-refractivity contribution >= 4 is 28.6 Å². The van der Waals surface area contributed by atoms with Crippen molar-refractivity contribution < 1.29 is 4.79 Å². The number of hydrogen-bond acceptors (Lipinski definition) is 5. The van der Waals surface area contributed by atoms with Gasteiger partial charge in [0.1, 0.15) is 11.6 Å². The number of rotatable bonds is 5. The van der Waals surface area contributed by atoms with Gasteiger partial charge in [-0.05, 0) is 6.92 Å². The number of thiazole rings is 2. The molecule has 0 aliphatic rings. The Labute approximate surface area is 141 Å². The standard InChI is InChI=1S/C16H15N3O2S2/c1-11-9-23-16(21)19(11)8-14(20)17-7-15-18-13(10-22-15)12-5-3-2-4-6-12/h2-6,9-10H,7-8H2,1H3,(H,17,20). The Hall–Kier alpha value is -2.25. The lowest BCUT2D eigenvalue weighted by molar-refractivity contribution is -0.121. The van der Waals surface area contributed by atoms with Crippen LogP contribution in [-0.2, 0) is 17.9 Å². The van der Waals surface area contributed by atoms with E-state index in [1.165, 1.54) is 15.9 Å². The van der Waals surface area contributed by atoms with E-state index in [4.69, 9.17) is 0 Å². The van der Waals surface area contributed by atoms with Crippen LogP contribution in [0.25, 0.3) is 11.3 Å². The lowest BCUT2D eigenvalue weighted by Crippen LogP contribution is -2.30. The summed E-state index contributed by atoms with van der Waals surface area (Å²) in [5.41, 5.74) is 2.77. The molecule has 2 heterocycles. The Morgan fingerprint density at radius 2 is 2.00 bits per heavy atom. The monoisotopic (exact) mass is 345 g/mol. The first-order valence-electron chi connectivity index (χ1n) is 7.05. The van der Waals surface area contributed by atoms with Gasteiger partial charge in [-0.3, -0.25) is 14.2 Å². The topological polar surface area (TPSA) is 64.0 Å². The second-order valence-electron chi connectivity index (χ2n) is 5.00. The third kappa shape index (κ3) is 3.75. The Kier molecular flexibility index (Phi) is 4.68. The summed E-state index contributed by atoms with van der Waals surface area (Å²) in [6.45, 7) is 2.23. The maximum atomic E-state index is 12.0. The highest BCUT2D eigenvalue weighted by molar-refractivity contribution is 7.10. The van der Waals surface area contributed by atoms with Crippen LogP contribution in [0.3, 0.4) is 0 Å². The van der Waals surface area contributed by atoms with Gasteiger partial charge in [0.25, 0.3) is 0 Å². The molecule has 0 atom stereocenters. The van der Waals surface area contributed by atoms with Gasteiger partial charge in [-0.15, -0.1) is 11.3 Å². The normalized spacial score (nSPS) is 10.7. The van der Waals surface area contributed by atoms with Gasteiger partial charge < -0.3 is 5.32 Å². The first kappa shape index (κ1) is 15.6. The third-order valence-corrected chi connectivity index (χ3v) is 5.07. The molecule has 1 amide bonds. The molecule has 2 aromatic heterocycles. The first-order chi connectivity index (χ1) is 11.1. The van der Waals surface area contributed by atoms with Crippen molar-refractivity contribution in [3.05, 3.63) is 61.5 Å². The Morgan fingerprint density at radius 3 is 2.70 bits per heavy atom. The van der Waals surface area contributed by atoms with E-state index < -0.39 is 0 Å². The van der Waals surface area contributed by atoms with Crippen molar-refractivity contribution in [3.63, 3.8) is 0 Å². The number of aryl methyl sites for hydroxylation is 1. The van der Waals surface area contributed by atoms with E-state index in [0.29, 0.717) is 6.54 Å². The number of benzene rings is 1. The fraction of sp³-hybridized carbons (Fsp3) is 0.188. The summed E-state index contributed by atoms with van der Waals surface area (Å²) in [4.78, 5) is 28.0. The molecule has 0 spiro atoms. The van der Waals surface area contributed by atoms with Crippen LogP contribution in [-0.4, -0.2) is 15.5 Å². The molecule has 23 heavy (non-hydrogen) atoms. The summed E-state index contributed by atoms with van der Waals surface area (Å²) in [6, 6.07) is 9.91. The minimum absolute atomic E-state index is 0.0467. The minimum atomic E-state index is -0.190. The van der Waals surface area contributed by atoms with Crippen LogP contribution in [0.15, 0.2) is 45.9 Å². The fourth-order valence-corrected chi connectivity index (χ4v) is 3.58. The minimum Gasteiger partial charge on any atom is -0.348 e. The lowest BCUT2D eigenvalue weighted by atomic mass is 10.2. The molecule has 1 N–H and O–H groups in total. The quantitative estimate of drug-likeness (QED) is 0.773. The molecule has 0 bridgehead atoms. The van der Waals surface area contributed by atoms with Gasteiger partial charge in [0.05, 0.1) is 12.2 Å². The van der Waals surface area contributed by atoms with Gasteiger partial charge >= 0.3 is 4.87 Å². The fourth-order valence-electron chi connectivity index (χ4n) is 2.10. The SMILES string of the molecule is Cc1csc(=O)n1CC(=O)NCc1nc(-c2ccccc2)cs1. The molecule has 0 saturated heterocycles. The highest BCUT2D eigenvalue weighted by Crippen LogP contribution is 2.21. The van der Waals surface area contributed by atoms with Gasteiger partial charge in [0.2, 0.25) is 5.91 Å². The van der Waals surface area contributed by atoms with Gasteiger partial charge in [0, 0.05) is 22.0 Å². The molecule has 0 aliphatic carbocycles. The van der Waals surface area contributed by atoms with Crippen LogP contribution in [0.5, 0.6) is 0 Å². The number of nitrogens with one attached hydrogen (secondary N) is 1. The number of hydrogen-bond donors (Lipinski definition) is 1. The predicted octanol–water partition coefficient (Wildman–Crippen LogP) is 2.66. The summed E-state index contributed by atoms with van der Waals surface area (Å²) in [7, 11) is 0. The first-order valence-corrected chi connectivity index (χ1v) is 8.81. The highest BCUT2D eigenvalue weighted by atomic mass is 32.1. The number of carbonyl (C=O) groups excluding carboxylic acids is 1. The third-order valence-electron chi connectivity index (χ3n) is 3.34. The summed E-state index contributed by atoms with van der Waals surface area (Å²) < 4.78 is 1.47. The van der Waals surface area contributed by atoms with Crippen molar-refractivity contribution in [2.24, 2.45) is 0 Å². The molecule has 118 valence electrons. The Balaban J connectivity index is 1.60. The van der Waals surface area contributed by atoms with E-state index >= 15 is 0 Å². The van der Waals surface area contributed by atoms with E-state index in [2.05, 4.69) is 10.3 Å². The smallest absolute Gasteiger partial charge is 0.307 e. The average molecular weight is 345 g/mol. The van der Waals surface area contributed by atoms with E-state index in [1.807, 2.05) is 42.6 Å². The molecule has 1 aromatic carbocycles. The molecule has 7 heteroatoms. The van der Waals surface area contributed by atoms with Crippen molar-refractivity contribution in [2.45, 2.75) is 20.0 Å². The van der Waals surface area contributed by atoms with Crippen LogP contribution >= 0.6 is 22.7 Å². The van der Waals surface area contributed by atoms with E-state index in [-0.39, 0.29) is 17.3 Å². The van der Waals surface area contributed by atoms with Crippen molar-refractivity contribution in [2.75, 3.05) is 0 Å². The molecular weight excluding hydrogens is 330 g/mol. The maximum Gasteiger partial charge on any atom is 0.307 e. The van der Waals surface area contributed by atoms with Crippen molar-refractivity contribution in [1.29, 1.82) is 0 Å². The molecule has 0 unspecified atom stereocenters. The molecule has 0 aliphatic heterocycles. The van der Waals surface area contributed by atoms with Crippen molar-refractivity contribution in [3.8, 4) is 11.3 Å². The second-order valence-corrected chi connectivity index (χ2v) is 6.76. The molecule has 0 radical (unpaired) electrons. The van der Waals surface area contributed by atoms with E-state index in [9.17, 15) is 9.59 Å². The van der Waals surface area contributed by atoms with Gasteiger partial charge in [-0.25, -0.2) is 4.98 Å². The van der Waals surface area contributed by atoms with Gasteiger partial charge in [0.15, 0.2) is 0 Å². The lowest BCUT2D eigenvalue weighted by Gasteiger charge is -2.05. The molecule has 0 saturated carbocycles. The zero-order chi connectivity index (χ0) is 16.2. The maximum absolute atomic E-state index is 12.0. The summed E-state index contributed by atoms with van der Waals surface area (Å²) in [5, 5.41) is 7.38. The molecule has 3 rings (SSSR count).